The van der Waals surface area contributed by atoms with Gasteiger partial charge in [-0.3, -0.25) is 19.4 Å². The SMILES string of the molecule is C=CC(=O)Nc1cc(Nc2cc(N3OCC[C@@H]3c3cccc4ccccc34)ncn2)c(OC)cc1N1CCC(N2CCN(C3CCC3)CC2)CC1. The maximum atomic E-state index is 12.7. The molecule has 4 fully saturated rings. The molecule has 1 saturated carbocycles. The van der Waals surface area contributed by atoms with Crippen LogP contribution in [0.5, 0.6) is 5.75 Å². The van der Waals surface area contributed by atoms with Gasteiger partial charge in [-0.1, -0.05) is 55.5 Å². The molecule has 3 saturated heterocycles. The summed E-state index contributed by atoms with van der Waals surface area (Å²) >= 11 is 0. The van der Waals surface area contributed by atoms with E-state index < -0.39 is 0 Å². The lowest BCUT2D eigenvalue weighted by atomic mass is 9.91. The van der Waals surface area contributed by atoms with Crippen molar-refractivity contribution in [2.24, 2.45) is 0 Å². The maximum Gasteiger partial charge on any atom is 0.247 e. The third-order valence-electron chi connectivity index (χ3n) is 11.3. The lowest BCUT2D eigenvalue weighted by molar-refractivity contribution is -0.111. The Balaban J connectivity index is 0.997. The second-order valence-corrected chi connectivity index (χ2v) is 14.1. The Morgan fingerprint density at radius 3 is 2.35 bits per heavy atom. The number of hydroxylamine groups is 1. The van der Waals surface area contributed by atoms with Crippen molar-refractivity contribution < 1.29 is 14.4 Å². The summed E-state index contributed by atoms with van der Waals surface area (Å²) in [5.74, 6) is 1.63. The van der Waals surface area contributed by atoms with Crippen molar-refractivity contribution in [2.45, 2.75) is 56.7 Å². The number of aromatic nitrogens is 2. The molecule has 3 aliphatic heterocycles. The van der Waals surface area contributed by atoms with Crippen molar-refractivity contribution in [2.75, 3.05) is 73.6 Å². The number of rotatable bonds is 10. The van der Waals surface area contributed by atoms with Crippen molar-refractivity contribution in [3.05, 3.63) is 85.2 Å². The molecule has 11 nitrogen and oxygen atoms in total. The van der Waals surface area contributed by atoms with Gasteiger partial charge in [-0.25, -0.2) is 15.0 Å². The highest BCUT2D eigenvalue weighted by molar-refractivity contribution is 6.02. The molecule has 1 atom stereocenters. The van der Waals surface area contributed by atoms with E-state index in [4.69, 9.17) is 9.57 Å². The average Bonchev–Trinajstić information content (AvgIpc) is 3.65. The van der Waals surface area contributed by atoms with E-state index in [1.165, 1.54) is 61.1 Å². The number of ether oxygens (including phenoxy) is 1. The highest BCUT2D eigenvalue weighted by Crippen LogP contribution is 2.41. The third-order valence-corrected chi connectivity index (χ3v) is 11.3. The number of fused-ring (bicyclic) bond motifs is 1. The minimum atomic E-state index is -0.262. The first kappa shape index (κ1) is 33.4. The summed E-state index contributed by atoms with van der Waals surface area (Å²) in [7, 11) is 1.67. The van der Waals surface area contributed by atoms with Crippen molar-refractivity contribution in [1.29, 1.82) is 0 Å². The van der Waals surface area contributed by atoms with Gasteiger partial charge in [0.1, 0.15) is 17.9 Å². The first-order chi connectivity index (χ1) is 25.1. The van der Waals surface area contributed by atoms with Gasteiger partial charge in [-0.2, -0.15) is 0 Å². The van der Waals surface area contributed by atoms with E-state index in [9.17, 15) is 4.79 Å². The molecule has 4 aromatic rings. The topological polar surface area (TPSA) is 98.3 Å². The van der Waals surface area contributed by atoms with Crippen LogP contribution in [-0.2, 0) is 9.63 Å². The summed E-state index contributed by atoms with van der Waals surface area (Å²) in [6.45, 7) is 10.8. The number of nitrogens with one attached hydrogen (secondary N) is 2. The highest BCUT2D eigenvalue weighted by atomic mass is 16.7. The molecule has 0 spiro atoms. The van der Waals surface area contributed by atoms with Gasteiger partial charge in [-0.15, -0.1) is 0 Å². The van der Waals surface area contributed by atoms with Gasteiger partial charge < -0.3 is 20.3 Å². The van der Waals surface area contributed by atoms with Crippen molar-refractivity contribution >= 4 is 45.4 Å². The second kappa shape index (κ2) is 14.9. The molecule has 4 aliphatic rings. The third kappa shape index (κ3) is 6.98. The molecule has 266 valence electrons. The lowest BCUT2D eigenvalue weighted by Gasteiger charge is -2.46. The normalized spacial score (nSPS) is 20.7. The molecule has 0 unspecified atom stereocenters. The van der Waals surface area contributed by atoms with Gasteiger partial charge in [-0.05, 0) is 54.2 Å². The van der Waals surface area contributed by atoms with Crippen LogP contribution in [0, 0.1) is 0 Å². The highest BCUT2D eigenvalue weighted by Gasteiger charge is 2.33. The molecule has 1 amide bonds. The Labute approximate surface area is 300 Å². The number of carbonyl (C=O) groups is 1. The minimum Gasteiger partial charge on any atom is -0.494 e. The summed E-state index contributed by atoms with van der Waals surface area (Å²) in [6.07, 6.45) is 10.0. The predicted molar refractivity (Wildman–Crippen MR) is 203 cm³/mol. The van der Waals surface area contributed by atoms with Crippen molar-refractivity contribution in [3.63, 3.8) is 0 Å². The van der Waals surface area contributed by atoms with E-state index in [2.05, 4.69) is 84.3 Å². The van der Waals surface area contributed by atoms with Crippen LogP contribution in [0.2, 0.25) is 0 Å². The van der Waals surface area contributed by atoms with Crippen molar-refractivity contribution in [1.82, 2.24) is 19.8 Å². The molecule has 8 rings (SSSR count). The fourth-order valence-corrected chi connectivity index (χ4v) is 8.27. The number of hydrogen-bond donors (Lipinski definition) is 2. The molecule has 4 heterocycles. The van der Waals surface area contributed by atoms with E-state index in [-0.39, 0.29) is 11.9 Å². The van der Waals surface area contributed by atoms with Crippen LogP contribution in [0.1, 0.15) is 50.1 Å². The zero-order valence-corrected chi connectivity index (χ0v) is 29.5. The van der Waals surface area contributed by atoms with Crippen LogP contribution in [-0.4, -0.2) is 90.7 Å². The Morgan fingerprint density at radius 1 is 0.882 bits per heavy atom. The summed E-state index contributed by atoms with van der Waals surface area (Å²) in [4.78, 5) is 35.7. The van der Waals surface area contributed by atoms with Gasteiger partial charge in [0.05, 0.1) is 36.8 Å². The molecular formula is C40H48N8O3. The van der Waals surface area contributed by atoms with Crippen LogP contribution < -0.4 is 25.3 Å². The van der Waals surface area contributed by atoms with Crippen LogP contribution in [0.3, 0.4) is 0 Å². The fraction of sp³-hybridized carbons (Fsp3) is 0.425. The zero-order valence-electron chi connectivity index (χ0n) is 29.5. The predicted octanol–water partition coefficient (Wildman–Crippen LogP) is 6.53. The van der Waals surface area contributed by atoms with E-state index in [0.717, 1.165) is 57.2 Å². The number of methoxy groups -OCH3 is 1. The first-order valence-corrected chi connectivity index (χ1v) is 18.5. The Kier molecular flexibility index (Phi) is 9.75. The van der Waals surface area contributed by atoms with E-state index in [1.807, 2.05) is 23.3 Å². The molecule has 1 aliphatic carbocycles. The molecule has 0 radical (unpaired) electrons. The molecule has 0 bridgehead atoms. The van der Waals surface area contributed by atoms with Gasteiger partial charge in [0.2, 0.25) is 5.91 Å². The Bertz CT molecular complexity index is 1860. The summed E-state index contributed by atoms with van der Waals surface area (Å²) in [5.41, 5.74) is 3.52. The number of benzene rings is 3. The second-order valence-electron chi connectivity index (χ2n) is 14.1. The largest absolute Gasteiger partial charge is 0.494 e. The maximum absolute atomic E-state index is 12.7. The van der Waals surface area contributed by atoms with Crippen LogP contribution in [0.4, 0.5) is 28.7 Å². The van der Waals surface area contributed by atoms with Crippen molar-refractivity contribution in [3.8, 4) is 5.75 Å². The zero-order chi connectivity index (χ0) is 34.7. The monoisotopic (exact) mass is 688 g/mol. The standard InChI is InChI=1S/C40H48N8O3/c1-3-40(49)44-33-24-34(37(50-2)25-36(33)47-17-14-30(15-18-47)46-21-19-45(20-22-46)29-10-7-11-29)43-38-26-39(42-27-41-38)48-35(16-23-51-48)32-13-6-9-28-8-4-5-12-31(28)32/h3-6,8-9,12-13,24-27,29-30,35H,1,7,10-11,14-23H2,2H3,(H,44,49)(H,41,42,43)/t35-/m1/s1. The number of nitrogens with zero attached hydrogens (tertiary/aromatic N) is 6. The minimum absolute atomic E-state index is 0.00877. The van der Waals surface area contributed by atoms with Crippen LogP contribution in [0.25, 0.3) is 10.8 Å². The first-order valence-electron chi connectivity index (χ1n) is 18.5. The number of hydrogen-bond acceptors (Lipinski definition) is 10. The number of carbonyl (C=O) groups excluding carboxylic acids is 1. The van der Waals surface area contributed by atoms with Gasteiger partial charge in [0.25, 0.3) is 0 Å². The van der Waals surface area contributed by atoms with E-state index in [1.54, 1.807) is 7.11 Å². The molecular weight excluding hydrogens is 640 g/mol. The molecule has 1 aromatic heterocycles. The average molecular weight is 689 g/mol. The number of piperazine rings is 1. The number of anilines is 5. The summed E-state index contributed by atoms with van der Waals surface area (Å²) in [6, 6.07) is 22.1. The van der Waals surface area contributed by atoms with E-state index in [0.29, 0.717) is 41.4 Å². The quantitative estimate of drug-likeness (QED) is 0.179. The Hall–Kier alpha value is -4.71. The smallest absolute Gasteiger partial charge is 0.247 e. The lowest BCUT2D eigenvalue weighted by Crippen LogP contribution is -2.56. The summed E-state index contributed by atoms with van der Waals surface area (Å²) < 4.78 is 5.93. The van der Waals surface area contributed by atoms with Crippen LogP contribution >= 0.6 is 0 Å². The van der Waals surface area contributed by atoms with E-state index >= 15 is 0 Å². The number of piperidine rings is 1. The molecule has 11 heteroatoms. The molecule has 51 heavy (non-hydrogen) atoms. The fourth-order valence-electron chi connectivity index (χ4n) is 8.27. The molecule has 3 aromatic carbocycles. The van der Waals surface area contributed by atoms with Gasteiger partial charge >= 0.3 is 0 Å². The van der Waals surface area contributed by atoms with Crippen LogP contribution in [0.15, 0.2) is 79.6 Å². The summed E-state index contributed by atoms with van der Waals surface area (Å²) in [5, 5.41) is 10.8. The molecule has 2 N–H and O–H groups in total. The Morgan fingerprint density at radius 2 is 1.63 bits per heavy atom. The van der Waals surface area contributed by atoms with Gasteiger partial charge in [0, 0.05) is 69.9 Å². The van der Waals surface area contributed by atoms with Gasteiger partial charge in [0.15, 0.2) is 5.82 Å². The number of amides is 1.